The lowest BCUT2D eigenvalue weighted by Gasteiger charge is -2.07. The van der Waals surface area contributed by atoms with Gasteiger partial charge < -0.3 is 15.0 Å². The van der Waals surface area contributed by atoms with E-state index in [-0.39, 0.29) is 17.2 Å². The van der Waals surface area contributed by atoms with Gasteiger partial charge in [0, 0.05) is 11.4 Å². The van der Waals surface area contributed by atoms with E-state index in [1.165, 1.54) is 11.8 Å². The molecule has 3 rings (SSSR count). The molecule has 0 saturated carbocycles. The molecule has 0 unspecified atom stereocenters. The highest BCUT2D eigenvalue weighted by Crippen LogP contribution is 2.18. The van der Waals surface area contributed by atoms with E-state index >= 15 is 0 Å². The Bertz CT molecular complexity index is 947. The minimum Gasteiger partial charge on any atom is -0.494 e. The maximum atomic E-state index is 12.1. The number of hydrogen-bond acceptors (Lipinski definition) is 5. The first-order chi connectivity index (χ1) is 12.0. The summed E-state index contributed by atoms with van der Waals surface area (Å²) in [4.78, 5) is 34.0. The van der Waals surface area contributed by atoms with Gasteiger partial charge in [0.1, 0.15) is 11.3 Å². The van der Waals surface area contributed by atoms with Crippen LogP contribution in [0.4, 0.5) is 5.69 Å². The molecule has 0 saturated heterocycles. The van der Waals surface area contributed by atoms with Crippen molar-refractivity contribution >= 4 is 34.4 Å². The first kappa shape index (κ1) is 17.1. The number of aromatic amines is 2. The molecule has 0 radical (unpaired) electrons. The van der Waals surface area contributed by atoms with Gasteiger partial charge in [0.25, 0.3) is 5.56 Å². The molecule has 3 aromatic rings. The quantitative estimate of drug-likeness (QED) is 0.465. The van der Waals surface area contributed by atoms with Crippen molar-refractivity contribution in [3.05, 3.63) is 46.4 Å². The fourth-order valence-electron chi connectivity index (χ4n) is 2.33. The van der Waals surface area contributed by atoms with Gasteiger partial charge in [-0.05, 0) is 44.2 Å². The molecule has 7 nitrogen and oxygen atoms in total. The summed E-state index contributed by atoms with van der Waals surface area (Å²) in [5.74, 6) is 0.722. The number of nitrogens with one attached hydrogen (secondary N) is 3. The smallest absolute Gasteiger partial charge is 0.275 e. The van der Waals surface area contributed by atoms with Gasteiger partial charge in [-0.1, -0.05) is 11.8 Å². The number of aromatic nitrogens is 3. The molecule has 25 heavy (non-hydrogen) atoms. The highest BCUT2D eigenvalue weighted by molar-refractivity contribution is 7.99. The summed E-state index contributed by atoms with van der Waals surface area (Å²) in [7, 11) is 0. The molecule has 1 aromatic carbocycles. The molecule has 2 aromatic heterocycles. The molecule has 1 amide bonds. The van der Waals surface area contributed by atoms with Crippen LogP contribution in [-0.2, 0) is 4.79 Å². The Morgan fingerprint density at radius 3 is 2.76 bits per heavy atom. The van der Waals surface area contributed by atoms with Gasteiger partial charge in [-0.3, -0.25) is 14.6 Å². The van der Waals surface area contributed by atoms with Crippen LogP contribution < -0.4 is 15.6 Å². The Balaban J connectivity index is 1.61. The Hall–Kier alpha value is -2.74. The normalized spacial score (nSPS) is 10.8. The molecule has 130 valence electrons. The Kier molecular flexibility index (Phi) is 5.08. The molecule has 0 bridgehead atoms. The van der Waals surface area contributed by atoms with Crippen LogP contribution >= 0.6 is 11.8 Å². The fraction of sp³-hybridized carbons (Fsp3) is 0.235. The summed E-state index contributed by atoms with van der Waals surface area (Å²) in [6.07, 6.45) is 0. The number of anilines is 1. The average Bonchev–Trinajstić information content (AvgIpc) is 2.96. The van der Waals surface area contributed by atoms with Crippen LogP contribution in [0.25, 0.3) is 11.0 Å². The van der Waals surface area contributed by atoms with Crippen LogP contribution in [-0.4, -0.2) is 33.2 Å². The number of benzene rings is 1. The molecule has 0 aliphatic carbocycles. The number of carbonyl (C=O) groups is 1. The van der Waals surface area contributed by atoms with Crippen molar-refractivity contribution in [2.75, 3.05) is 17.7 Å². The third-order valence-corrected chi connectivity index (χ3v) is 4.26. The number of H-pyrrole nitrogens is 2. The Labute approximate surface area is 148 Å². The number of carbonyl (C=O) groups excluding carboxylic acids is 1. The van der Waals surface area contributed by atoms with E-state index in [1.54, 1.807) is 30.3 Å². The van der Waals surface area contributed by atoms with E-state index in [0.29, 0.717) is 28.5 Å². The second-order valence-corrected chi connectivity index (χ2v) is 6.34. The number of hydrogen-bond donors (Lipinski definition) is 3. The largest absolute Gasteiger partial charge is 0.494 e. The standard InChI is InChI=1S/C17H18N4O3S/c1-3-24-12-6-4-11(5-7-12)19-14(22)9-25-17-20-13-8-10(2)18-15(13)16(23)21-17/h4-8,18H,3,9H2,1-2H3,(H,19,22)(H,20,21,23). The molecule has 0 aliphatic rings. The lowest BCUT2D eigenvalue weighted by molar-refractivity contribution is -0.113. The monoisotopic (exact) mass is 358 g/mol. The summed E-state index contributed by atoms with van der Waals surface area (Å²) < 4.78 is 5.36. The predicted octanol–water partition coefficient (Wildman–Crippen LogP) is 2.69. The maximum Gasteiger partial charge on any atom is 0.275 e. The lowest BCUT2D eigenvalue weighted by atomic mass is 10.3. The highest BCUT2D eigenvalue weighted by Gasteiger charge is 2.09. The first-order valence-electron chi connectivity index (χ1n) is 7.80. The van der Waals surface area contributed by atoms with Crippen molar-refractivity contribution in [2.24, 2.45) is 0 Å². The third-order valence-electron chi connectivity index (χ3n) is 3.39. The number of aryl methyl sites for hydroxylation is 1. The van der Waals surface area contributed by atoms with Crippen LogP contribution in [0.1, 0.15) is 12.6 Å². The van der Waals surface area contributed by atoms with Gasteiger partial charge in [0.2, 0.25) is 5.91 Å². The second-order valence-electron chi connectivity index (χ2n) is 5.38. The average molecular weight is 358 g/mol. The summed E-state index contributed by atoms with van der Waals surface area (Å²) in [6, 6.07) is 8.96. The topological polar surface area (TPSA) is 99.9 Å². The second kappa shape index (κ2) is 7.43. The molecule has 8 heteroatoms. The maximum absolute atomic E-state index is 12.1. The molecular formula is C17H18N4O3S. The number of rotatable bonds is 6. The van der Waals surface area contributed by atoms with Crippen LogP contribution in [0.15, 0.2) is 40.3 Å². The third kappa shape index (κ3) is 4.21. The summed E-state index contributed by atoms with van der Waals surface area (Å²) in [6.45, 7) is 4.37. The van der Waals surface area contributed by atoms with E-state index in [1.807, 2.05) is 13.8 Å². The zero-order valence-electron chi connectivity index (χ0n) is 13.9. The molecular weight excluding hydrogens is 340 g/mol. The summed E-state index contributed by atoms with van der Waals surface area (Å²) in [5.41, 5.74) is 2.35. The SMILES string of the molecule is CCOc1ccc(NC(=O)CSc2nc3cc(C)[nH]c3c(=O)[nH]2)cc1. The van der Waals surface area contributed by atoms with Crippen molar-refractivity contribution in [3.8, 4) is 5.75 Å². The van der Waals surface area contributed by atoms with Gasteiger partial charge in [-0.2, -0.15) is 0 Å². The number of nitrogens with zero attached hydrogens (tertiary/aromatic N) is 1. The van der Waals surface area contributed by atoms with Gasteiger partial charge in [-0.25, -0.2) is 4.98 Å². The van der Waals surface area contributed by atoms with E-state index in [4.69, 9.17) is 4.74 Å². The predicted molar refractivity (Wildman–Crippen MR) is 98.4 cm³/mol. The molecule has 0 atom stereocenters. The minimum absolute atomic E-state index is 0.144. The number of ether oxygens (including phenoxy) is 1. The van der Waals surface area contributed by atoms with Crippen molar-refractivity contribution in [1.29, 1.82) is 0 Å². The van der Waals surface area contributed by atoms with E-state index in [2.05, 4.69) is 20.3 Å². The Morgan fingerprint density at radius 1 is 1.28 bits per heavy atom. The van der Waals surface area contributed by atoms with Gasteiger partial charge in [0.15, 0.2) is 5.16 Å². The highest BCUT2D eigenvalue weighted by atomic mass is 32.2. The van der Waals surface area contributed by atoms with E-state index < -0.39 is 0 Å². The van der Waals surface area contributed by atoms with Crippen molar-refractivity contribution in [1.82, 2.24) is 15.0 Å². The first-order valence-corrected chi connectivity index (χ1v) is 8.79. The molecule has 0 fully saturated rings. The van der Waals surface area contributed by atoms with E-state index in [9.17, 15) is 9.59 Å². The van der Waals surface area contributed by atoms with E-state index in [0.717, 1.165) is 11.4 Å². The van der Waals surface area contributed by atoms with Crippen molar-refractivity contribution in [2.45, 2.75) is 19.0 Å². The zero-order valence-corrected chi connectivity index (χ0v) is 14.7. The van der Waals surface area contributed by atoms with Crippen LogP contribution in [0, 0.1) is 6.92 Å². The van der Waals surface area contributed by atoms with Gasteiger partial charge in [0.05, 0.1) is 17.9 Å². The van der Waals surface area contributed by atoms with Crippen molar-refractivity contribution < 1.29 is 9.53 Å². The van der Waals surface area contributed by atoms with Crippen LogP contribution in [0.3, 0.4) is 0 Å². The van der Waals surface area contributed by atoms with Crippen LogP contribution in [0.5, 0.6) is 5.75 Å². The minimum atomic E-state index is -0.243. The zero-order chi connectivity index (χ0) is 17.8. The van der Waals surface area contributed by atoms with Gasteiger partial charge >= 0.3 is 0 Å². The summed E-state index contributed by atoms with van der Waals surface area (Å²) in [5, 5.41) is 3.21. The van der Waals surface area contributed by atoms with Gasteiger partial charge in [-0.15, -0.1) is 0 Å². The molecule has 3 N–H and O–H groups in total. The van der Waals surface area contributed by atoms with Crippen molar-refractivity contribution in [3.63, 3.8) is 0 Å². The summed E-state index contributed by atoms with van der Waals surface area (Å²) >= 11 is 1.18. The number of thioether (sulfide) groups is 1. The fourth-order valence-corrected chi connectivity index (χ4v) is 3.00. The molecule has 2 heterocycles. The molecule has 0 spiro atoms. The number of amides is 1. The van der Waals surface area contributed by atoms with Crippen LogP contribution in [0.2, 0.25) is 0 Å². The number of fused-ring (bicyclic) bond motifs is 1. The Morgan fingerprint density at radius 2 is 2.04 bits per heavy atom. The lowest BCUT2D eigenvalue weighted by Crippen LogP contribution is -2.15. The molecule has 0 aliphatic heterocycles.